The SMILES string of the molecule is CO[C@@H]1CC[C@@]2(OC)CCN(Cc3cc(C)no3)[C@H]2C1. The van der Waals surface area contributed by atoms with Gasteiger partial charge in [0.1, 0.15) is 0 Å². The zero-order valence-electron chi connectivity index (χ0n) is 12.6. The third-order valence-corrected chi connectivity index (χ3v) is 5.02. The minimum Gasteiger partial charge on any atom is -0.381 e. The Morgan fingerprint density at radius 1 is 1.45 bits per heavy atom. The van der Waals surface area contributed by atoms with Crippen LogP contribution in [0.15, 0.2) is 10.6 Å². The lowest BCUT2D eigenvalue weighted by atomic mass is 9.79. The van der Waals surface area contributed by atoms with Gasteiger partial charge in [0, 0.05) is 32.9 Å². The van der Waals surface area contributed by atoms with Crippen LogP contribution in [0.2, 0.25) is 0 Å². The highest BCUT2D eigenvalue weighted by Crippen LogP contribution is 2.43. The van der Waals surface area contributed by atoms with E-state index in [0.29, 0.717) is 12.1 Å². The summed E-state index contributed by atoms with van der Waals surface area (Å²) in [7, 11) is 3.66. The highest BCUT2D eigenvalue weighted by atomic mass is 16.5. The topological polar surface area (TPSA) is 47.7 Å². The monoisotopic (exact) mass is 280 g/mol. The van der Waals surface area contributed by atoms with E-state index < -0.39 is 0 Å². The molecule has 112 valence electrons. The van der Waals surface area contributed by atoms with Gasteiger partial charge in [0.05, 0.1) is 23.9 Å². The molecule has 0 spiro atoms. The molecule has 1 saturated carbocycles. The molecule has 0 amide bonds. The Bertz CT molecular complexity index is 462. The molecule has 1 aliphatic carbocycles. The van der Waals surface area contributed by atoms with Gasteiger partial charge in [-0.2, -0.15) is 0 Å². The Balaban J connectivity index is 1.75. The molecule has 5 heteroatoms. The van der Waals surface area contributed by atoms with Crippen molar-refractivity contribution in [3.05, 3.63) is 17.5 Å². The number of aryl methyl sites for hydroxylation is 1. The smallest absolute Gasteiger partial charge is 0.150 e. The second-order valence-corrected chi connectivity index (χ2v) is 6.07. The molecule has 0 radical (unpaired) electrons. The van der Waals surface area contributed by atoms with Crippen molar-refractivity contribution < 1.29 is 14.0 Å². The lowest BCUT2D eigenvalue weighted by Gasteiger charge is -2.43. The number of rotatable bonds is 4. The molecule has 20 heavy (non-hydrogen) atoms. The molecule has 0 aromatic carbocycles. The van der Waals surface area contributed by atoms with E-state index in [4.69, 9.17) is 14.0 Å². The lowest BCUT2D eigenvalue weighted by Crippen LogP contribution is -2.51. The van der Waals surface area contributed by atoms with Gasteiger partial charge in [-0.05, 0) is 32.6 Å². The highest BCUT2D eigenvalue weighted by molar-refractivity contribution is 5.09. The number of likely N-dealkylation sites (tertiary alicyclic amines) is 1. The minimum absolute atomic E-state index is 0.00406. The van der Waals surface area contributed by atoms with E-state index in [2.05, 4.69) is 10.1 Å². The maximum Gasteiger partial charge on any atom is 0.150 e. The summed E-state index contributed by atoms with van der Waals surface area (Å²) in [5, 5.41) is 3.97. The molecule has 0 bridgehead atoms. The molecule has 2 fully saturated rings. The van der Waals surface area contributed by atoms with Crippen molar-refractivity contribution in [1.82, 2.24) is 10.1 Å². The molecule has 3 atom stereocenters. The fourth-order valence-electron chi connectivity index (χ4n) is 3.85. The summed E-state index contributed by atoms with van der Waals surface area (Å²) >= 11 is 0. The van der Waals surface area contributed by atoms with E-state index >= 15 is 0 Å². The van der Waals surface area contributed by atoms with E-state index in [1.54, 1.807) is 0 Å². The van der Waals surface area contributed by atoms with Crippen LogP contribution < -0.4 is 0 Å². The van der Waals surface area contributed by atoms with Crippen molar-refractivity contribution >= 4 is 0 Å². The zero-order valence-corrected chi connectivity index (χ0v) is 12.6. The summed E-state index contributed by atoms with van der Waals surface area (Å²) < 4.78 is 16.9. The average molecular weight is 280 g/mol. The third kappa shape index (κ3) is 2.38. The first-order chi connectivity index (χ1) is 9.66. The van der Waals surface area contributed by atoms with Crippen molar-refractivity contribution in [1.29, 1.82) is 0 Å². The molecular formula is C15H24N2O3. The maximum atomic E-state index is 5.93. The van der Waals surface area contributed by atoms with Gasteiger partial charge in [-0.15, -0.1) is 0 Å². The predicted molar refractivity (Wildman–Crippen MR) is 74.4 cm³/mol. The Hall–Kier alpha value is -0.910. The van der Waals surface area contributed by atoms with Crippen LogP contribution in [-0.4, -0.2) is 48.6 Å². The van der Waals surface area contributed by atoms with Gasteiger partial charge >= 0.3 is 0 Å². The summed E-state index contributed by atoms with van der Waals surface area (Å²) in [5.74, 6) is 0.939. The Morgan fingerprint density at radius 2 is 2.30 bits per heavy atom. The number of nitrogens with zero attached hydrogens (tertiary/aromatic N) is 2. The molecule has 5 nitrogen and oxygen atoms in total. The van der Waals surface area contributed by atoms with Crippen LogP contribution in [0, 0.1) is 6.92 Å². The summed E-state index contributed by atoms with van der Waals surface area (Å²) in [5.41, 5.74) is 0.944. The molecule has 1 aromatic rings. The second kappa shape index (κ2) is 5.47. The first-order valence-corrected chi connectivity index (χ1v) is 7.41. The number of fused-ring (bicyclic) bond motifs is 1. The number of hydrogen-bond donors (Lipinski definition) is 0. The van der Waals surface area contributed by atoms with Crippen molar-refractivity contribution in [2.75, 3.05) is 20.8 Å². The quantitative estimate of drug-likeness (QED) is 0.845. The molecule has 1 aromatic heterocycles. The maximum absolute atomic E-state index is 5.93. The van der Waals surface area contributed by atoms with Crippen molar-refractivity contribution in [2.24, 2.45) is 0 Å². The fourth-order valence-corrected chi connectivity index (χ4v) is 3.85. The van der Waals surface area contributed by atoms with Gasteiger partial charge in [-0.3, -0.25) is 4.90 Å². The third-order valence-electron chi connectivity index (χ3n) is 5.02. The van der Waals surface area contributed by atoms with Gasteiger partial charge in [-0.1, -0.05) is 5.16 Å². The van der Waals surface area contributed by atoms with E-state index in [1.165, 1.54) is 0 Å². The fraction of sp³-hybridized carbons (Fsp3) is 0.800. The van der Waals surface area contributed by atoms with Crippen LogP contribution in [0.3, 0.4) is 0 Å². The number of hydrogen-bond acceptors (Lipinski definition) is 5. The van der Waals surface area contributed by atoms with Crippen LogP contribution >= 0.6 is 0 Å². The molecular weight excluding hydrogens is 256 g/mol. The van der Waals surface area contributed by atoms with Crippen LogP contribution in [0.4, 0.5) is 0 Å². The lowest BCUT2D eigenvalue weighted by molar-refractivity contribution is -0.0953. The Kier molecular flexibility index (Phi) is 3.84. The van der Waals surface area contributed by atoms with Gasteiger partial charge < -0.3 is 14.0 Å². The molecule has 1 aliphatic heterocycles. The minimum atomic E-state index is 0.00406. The van der Waals surface area contributed by atoms with Gasteiger partial charge in [0.2, 0.25) is 0 Å². The standard InChI is InChI=1S/C15H24N2O3/c1-11-8-13(20-16-11)10-17-7-6-15(19-3)5-4-12(18-2)9-14(15)17/h8,12,14H,4-7,9-10H2,1-3H3/t12-,14+,15-/m1/s1. The average Bonchev–Trinajstić information content (AvgIpc) is 3.04. The van der Waals surface area contributed by atoms with Crippen LogP contribution in [-0.2, 0) is 16.0 Å². The van der Waals surface area contributed by atoms with Crippen LogP contribution in [0.5, 0.6) is 0 Å². The van der Waals surface area contributed by atoms with Gasteiger partial charge in [0.15, 0.2) is 5.76 Å². The molecule has 1 saturated heterocycles. The predicted octanol–water partition coefficient (Wildman–Crippen LogP) is 2.14. The molecule has 0 N–H and O–H groups in total. The first kappa shape index (κ1) is 14.0. The van der Waals surface area contributed by atoms with Crippen molar-refractivity contribution in [3.63, 3.8) is 0 Å². The van der Waals surface area contributed by atoms with E-state index in [-0.39, 0.29) is 5.60 Å². The second-order valence-electron chi connectivity index (χ2n) is 6.07. The normalized spacial score (nSPS) is 34.4. The van der Waals surface area contributed by atoms with Gasteiger partial charge in [0.25, 0.3) is 0 Å². The molecule has 2 aliphatic rings. The van der Waals surface area contributed by atoms with E-state index in [9.17, 15) is 0 Å². The van der Waals surface area contributed by atoms with Crippen LogP contribution in [0.1, 0.15) is 37.1 Å². The van der Waals surface area contributed by atoms with E-state index in [0.717, 1.165) is 50.2 Å². The van der Waals surface area contributed by atoms with Crippen LogP contribution in [0.25, 0.3) is 0 Å². The number of aromatic nitrogens is 1. The first-order valence-electron chi connectivity index (χ1n) is 7.41. The highest BCUT2D eigenvalue weighted by Gasteiger charge is 2.51. The zero-order chi connectivity index (χ0) is 14.2. The molecule has 2 heterocycles. The summed E-state index contributed by atoms with van der Waals surface area (Å²) in [6.07, 6.45) is 4.66. The number of ether oxygens (including phenoxy) is 2. The van der Waals surface area contributed by atoms with E-state index in [1.807, 2.05) is 27.2 Å². The molecule has 3 rings (SSSR count). The number of methoxy groups -OCH3 is 2. The Morgan fingerprint density at radius 3 is 2.95 bits per heavy atom. The van der Waals surface area contributed by atoms with Crippen molar-refractivity contribution in [3.8, 4) is 0 Å². The van der Waals surface area contributed by atoms with Crippen molar-refractivity contribution in [2.45, 2.75) is 56.9 Å². The summed E-state index contributed by atoms with van der Waals surface area (Å²) in [6, 6.07) is 2.43. The Labute approximate surface area is 120 Å². The van der Waals surface area contributed by atoms with Gasteiger partial charge in [-0.25, -0.2) is 0 Å². The summed E-state index contributed by atoms with van der Waals surface area (Å²) in [6.45, 7) is 3.82. The largest absolute Gasteiger partial charge is 0.381 e. The summed E-state index contributed by atoms with van der Waals surface area (Å²) in [4.78, 5) is 2.47. The molecule has 0 unspecified atom stereocenters.